The van der Waals surface area contributed by atoms with Gasteiger partial charge in [-0.25, -0.2) is 9.78 Å². The third kappa shape index (κ3) is 1.82. The molecule has 0 aromatic carbocycles. The summed E-state index contributed by atoms with van der Waals surface area (Å²) in [5.74, 6) is -0.187. The zero-order valence-electron chi connectivity index (χ0n) is 8.63. The van der Waals surface area contributed by atoms with Crippen molar-refractivity contribution in [2.45, 2.75) is 18.9 Å². The number of hydrogen-bond acceptors (Lipinski definition) is 4. The number of aromatic nitrogens is 1. The molecule has 1 aromatic heterocycles. The largest absolute Gasteiger partial charge is 0.480 e. The van der Waals surface area contributed by atoms with Crippen LogP contribution in [0.2, 0.25) is 0 Å². The Morgan fingerprint density at radius 3 is 3.00 bits per heavy atom. The molecule has 1 fully saturated rings. The normalized spacial score (nSPS) is 19.4. The van der Waals surface area contributed by atoms with Crippen LogP contribution in [0.5, 0.6) is 0 Å². The van der Waals surface area contributed by atoms with Crippen molar-refractivity contribution in [2.24, 2.45) is 0 Å². The summed E-state index contributed by atoms with van der Waals surface area (Å²) in [4.78, 5) is 16.9. The van der Waals surface area contributed by atoms with E-state index in [2.05, 4.69) is 4.98 Å². The molecule has 0 spiro atoms. The number of anilines is 1. The van der Waals surface area contributed by atoms with E-state index >= 15 is 0 Å². The van der Waals surface area contributed by atoms with Crippen LogP contribution in [-0.4, -0.2) is 28.6 Å². The molecule has 16 heavy (non-hydrogen) atoms. The molecular weight excluding hydrogens is 206 g/mol. The Labute approximate surface area is 92.9 Å². The topological polar surface area (TPSA) is 77.2 Å². The highest BCUT2D eigenvalue weighted by Gasteiger charge is 2.31. The third-order valence-electron chi connectivity index (χ3n) is 2.71. The number of carbonyl (C=O) groups is 1. The molecule has 1 aliphatic heterocycles. The quantitative estimate of drug-likeness (QED) is 0.799. The highest BCUT2D eigenvalue weighted by molar-refractivity contribution is 5.78. The molecule has 0 amide bonds. The van der Waals surface area contributed by atoms with Crippen LogP contribution in [0.3, 0.4) is 0 Å². The predicted molar refractivity (Wildman–Crippen MR) is 57.0 cm³/mol. The first-order valence-corrected chi connectivity index (χ1v) is 5.08. The average molecular weight is 217 g/mol. The Hall–Kier alpha value is -2.09. The fraction of sp³-hybridized carbons (Fsp3) is 0.364. The van der Waals surface area contributed by atoms with E-state index < -0.39 is 12.0 Å². The first-order valence-electron chi connectivity index (χ1n) is 5.08. The molecule has 2 heterocycles. The standard InChI is InChI=1S/C11H11N3O2/c12-6-8-3-4-10(13-7-8)14-5-1-2-9(14)11(15)16/h3-4,7,9H,1-2,5H2,(H,15,16)/t9-/m1/s1. The summed E-state index contributed by atoms with van der Waals surface area (Å²) in [5.41, 5.74) is 0.481. The van der Waals surface area contributed by atoms with Crippen LogP contribution in [0, 0.1) is 11.3 Å². The number of rotatable bonds is 2. The Morgan fingerprint density at radius 2 is 2.44 bits per heavy atom. The van der Waals surface area contributed by atoms with Gasteiger partial charge in [-0.3, -0.25) is 0 Å². The van der Waals surface area contributed by atoms with Crippen molar-refractivity contribution in [3.05, 3.63) is 23.9 Å². The lowest BCUT2D eigenvalue weighted by atomic mass is 10.2. The van der Waals surface area contributed by atoms with Gasteiger partial charge in [-0.15, -0.1) is 0 Å². The van der Waals surface area contributed by atoms with Gasteiger partial charge in [-0.2, -0.15) is 5.26 Å². The second-order valence-corrected chi connectivity index (χ2v) is 3.71. The summed E-state index contributed by atoms with van der Waals surface area (Å²) in [6, 6.07) is 4.84. The fourth-order valence-corrected chi connectivity index (χ4v) is 1.92. The molecule has 2 rings (SSSR count). The van der Waals surface area contributed by atoms with Gasteiger partial charge in [0.15, 0.2) is 0 Å². The maximum Gasteiger partial charge on any atom is 0.326 e. The first-order chi connectivity index (χ1) is 7.72. The molecule has 0 unspecified atom stereocenters. The Morgan fingerprint density at radius 1 is 1.62 bits per heavy atom. The number of nitriles is 1. The van der Waals surface area contributed by atoms with Crippen molar-refractivity contribution in [1.29, 1.82) is 5.26 Å². The maximum atomic E-state index is 11.0. The fourth-order valence-electron chi connectivity index (χ4n) is 1.92. The van der Waals surface area contributed by atoms with E-state index in [1.165, 1.54) is 6.20 Å². The van der Waals surface area contributed by atoms with Gasteiger partial charge >= 0.3 is 5.97 Å². The van der Waals surface area contributed by atoms with E-state index in [0.29, 0.717) is 24.3 Å². The summed E-state index contributed by atoms with van der Waals surface area (Å²) in [5, 5.41) is 17.7. The van der Waals surface area contributed by atoms with E-state index in [-0.39, 0.29) is 0 Å². The average Bonchev–Trinajstić information content (AvgIpc) is 2.78. The van der Waals surface area contributed by atoms with Gasteiger partial charge in [0.25, 0.3) is 0 Å². The second kappa shape index (κ2) is 4.19. The van der Waals surface area contributed by atoms with E-state index in [1.54, 1.807) is 17.0 Å². The van der Waals surface area contributed by atoms with E-state index in [0.717, 1.165) is 6.42 Å². The SMILES string of the molecule is N#Cc1ccc(N2CCC[C@@H]2C(=O)O)nc1. The highest BCUT2D eigenvalue weighted by Crippen LogP contribution is 2.23. The van der Waals surface area contributed by atoms with Gasteiger partial charge < -0.3 is 10.0 Å². The van der Waals surface area contributed by atoms with E-state index in [1.807, 2.05) is 6.07 Å². The van der Waals surface area contributed by atoms with Crippen molar-refractivity contribution in [1.82, 2.24) is 4.98 Å². The van der Waals surface area contributed by atoms with Crippen molar-refractivity contribution < 1.29 is 9.90 Å². The highest BCUT2D eigenvalue weighted by atomic mass is 16.4. The summed E-state index contributed by atoms with van der Waals surface area (Å²) < 4.78 is 0. The number of aliphatic carboxylic acids is 1. The monoisotopic (exact) mass is 217 g/mol. The minimum Gasteiger partial charge on any atom is -0.480 e. The van der Waals surface area contributed by atoms with Crippen LogP contribution in [0.15, 0.2) is 18.3 Å². The van der Waals surface area contributed by atoms with Crippen LogP contribution < -0.4 is 4.90 Å². The minimum absolute atomic E-state index is 0.481. The van der Waals surface area contributed by atoms with Crippen LogP contribution >= 0.6 is 0 Å². The van der Waals surface area contributed by atoms with E-state index in [9.17, 15) is 4.79 Å². The summed E-state index contributed by atoms with van der Waals surface area (Å²) in [6.45, 7) is 0.704. The number of hydrogen-bond donors (Lipinski definition) is 1. The van der Waals surface area contributed by atoms with Crippen molar-refractivity contribution in [3.8, 4) is 6.07 Å². The molecule has 1 aliphatic rings. The molecule has 0 radical (unpaired) electrons. The lowest BCUT2D eigenvalue weighted by molar-refractivity contribution is -0.138. The van der Waals surface area contributed by atoms with Crippen LogP contribution in [0.4, 0.5) is 5.82 Å². The molecule has 0 aliphatic carbocycles. The first kappa shape index (κ1) is 10.4. The number of carboxylic acid groups (broad SMARTS) is 1. The molecule has 1 saturated heterocycles. The second-order valence-electron chi connectivity index (χ2n) is 3.71. The Balaban J connectivity index is 2.23. The molecular formula is C11H11N3O2. The molecule has 1 N–H and O–H groups in total. The maximum absolute atomic E-state index is 11.0. The number of nitrogens with zero attached hydrogens (tertiary/aromatic N) is 3. The smallest absolute Gasteiger partial charge is 0.326 e. The minimum atomic E-state index is -0.816. The van der Waals surface area contributed by atoms with Gasteiger partial charge in [0, 0.05) is 12.7 Å². The summed E-state index contributed by atoms with van der Waals surface area (Å²) in [6.07, 6.45) is 2.97. The molecule has 5 heteroatoms. The van der Waals surface area contributed by atoms with Crippen molar-refractivity contribution >= 4 is 11.8 Å². The number of carboxylic acids is 1. The molecule has 5 nitrogen and oxygen atoms in total. The van der Waals surface area contributed by atoms with Gasteiger partial charge in [0.05, 0.1) is 5.56 Å². The molecule has 1 atom stereocenters. The number of pyridine rings is 1. The third-order valence-corrected chi connectivity index (χ3v) is 2.71. The van der Waals surface area contributed by atoms with Crippen LogP contribution in [-0.2, 0) is 4.79 Å². The summed E-state index contributed by atoms with van der Waals surface area (Å²) in [7, 11) is 0. The van der Waals surface area contributed by atoms with Crippen LogP contribution in [0.25, 0.3) is 0 Å². The van der Waals surface area contributed by atoms with E-state index in [4.69, 9.17) is 10.4 Å². The lowest BCUT2D eigenvalue weighted by Crippen LogP contribution is -2.36. The zero-order chi connectivity index (χ0) is 11.5. The van der Waals surface area contributed by atoms with Crippen molar-refractivity contribution in [2.75, 3.05) is 11.4 Å². The molecule has 1 aromatic rings. The van der Waals surface area contributed by atoms with Gasteiger partial charge in [-0.05, 0) is 25.0 Å². The van der Waals surface area contributed by atoms with Crippen molar-refractivity contribution in [3.63, 3.8) is 0 Å². The lowest BCUT2D eigenvalue weighted by Gasteiger charge is -2.22. The molecule has 0 saturated carbocycles. The molecule has 0 bridgehead atoms. The Kier molecular flexibility index (Phi) is 2.73. The predicted octanol–water partition coefficient (Wildman–Crippen LogP) is 1.01. The van der Waals surface area contributed by atoms with Crippen LogP contribution in [0.1, 0.15) is 18.4 Å². The zero-order valence-corrected chi connectivity index (χ0v) is 8.63. The molecule has 82 valence electrons. The van der Waals surface area contributed by atoms with Gasteiger partial charge in [-0.1, -0.05) is 0 Å². The van der Waals surface area contributed by atoms with Gasteiger partial charge in [0.1, 0.15) is 17.9 Å². The Bertz CT molecular complexity index is 436. The van der Waals surface area contributed by atoms with Gasteiger partial charge in [0.2, 0.25) is 0 Å². The summed E-state index contributed by atoms with van der Waals surface area (Å²) >= 11 is 0.